The Balaban J connectivity index is 1.76. The van der Waals surface area contributed by atoms with E-state index in [0.29, 0.717) is 6.42 Å². The van der Waals surface area contributed by atoms with Gasteiger partial charge in [0, 0.05) is 32.6 Å². The van der Waals surface area contributed by atoms with Gasteiger partial charge in [-0.1, -0.05) is 6.92 Å². The molecule has 0 aliphatic carbocycles. The van der Waals surface area contributed by atoms with E-state index in [1.54, 1.807) is 4.52 Å². The number of amides is 1. The Labute approximate surface area is 117 Å². The van der Waals surface area contributed by atoms with E-state index in [-0.39, 0.29) is 5.91 Å². The summed E-state index contributed by atoms with van der Waals surface area (Å²) in [6.07, 6.45) is 0.574. The molecule has 1 aliphatic rings. The van der Waals surface area contributed by atoms with Crippen LogP contribution in [0.1, 0.15) is 19.2 Å². The number of anilines is 1. The molecule has 3 heterocycles. The maximum atomic E-state index is 11.7. The minimum atomic E-state index is 0.225. The van der Waals surface area contributed by atoms with Crippen LogP contribution in [-0.2, 0) is 4.79 Å². The first-order valence-electron chi connectivity index (χ1n) is 6.91. The van der Waals surface area contributed by atoms with Crippen LogP contribution in [0.2, 0.25) is 0 Å². The molecule has 0 spiro atoms. The average molecular weight is 274 g/mol. The molecule has 1 saturated heterocycles. The van der Waals surface area contributed by atoms with Gasteiger partial charge in [0.25, 0.3) is 0 Å². The first-order chi connectivity index (χ1) is 9.69. The minimum absolute atomic E-state index is 0.225. The van der Waals surface area contributed by atoms with Gasteiger partial charge < -0.3 is 9.80 Å². The Morgan fingerprint density at radius 3 is 2.65 bits per heavy atom. The fourth-order valence-corrected chi connectivity index (χ4v) is 2.46. The van der Waals surface area contributed by atoms with Crippen LogP contribution in [0.3, 0.4) is 0 Å². The van der Waals surface area contributed by atoms with Gasteiger partial charge in [-0.15, -0.1) is 15.3 Å². The van der Waals surface area contributed by atoms with E-state index in [2.05, 4.69) is 20.2 Å². The summed E-state index contributed by atoms with van der Waals surface area (Å²) in [5.74, 6) is 1.91. The van der Waals surface area contributed by atoms with Gasteiger partial charge in [0.2, 0.25) is 5.91 Å². The topological polar surface area (TPSA) is 66.6 Å². The Hall–Kier alpha value is -2.18. The van der Waals surface area contributed by atoms with Crippen molar-refractivity contribution in [3.63, 3.8) is 0 Å². The van der Waals surface area contributed by atoms with E-state index in [1.807, 2.05) is 30.9 Å². The Bertz CT molecular complexity index is 629. The van der Waals surface area contributed by atoms with Crippen molar-refractivity contribution in [1.29, 1.82) is 0 Å². The first-order valence-corrected chi connectivity index (χ1v) is 6.91. The van der Waals surface area contributed by atoms with E-state index in [9.17, 15) is 4.79 Å². The second-order valence-electron chi connectivity index (χ2n) is 4.93. The zero-order valence-corrected chi connectivity index (χ0v) is 11.8. The van der Waals surface area contributed by atoms with Crippen LogP contribution in [0, 0.1) is 6.92 Å². The molecule has 2 aromatic rings. The summed E-state index contributed by atoms with van der Waals surface area (Å²) >= 11 is 0. The lowest BCUT2D eigenvalue weighted by molar-refractivity contribution is -0.131. The highest BCUT2D eigenvalue weighted by Gasteiger charge is 2.21. The normalized spacial score (nSPS) is 15.9. The van der Waals surface area contributed by atoms with Crippen LogP contribution < -0.4 is 4.90 Å². The van der Waals surface area contributed by atoms with Crippen molar-refractivity contribution in [3.8, 4) is 0 Å². The molecule has 1 aliphatic heterocycles. The number of carbonyl (C=O) groups is 1. The number of hydrogen-bond acceptors (Lipinski definition) is 5. The summed E-state index contributed by atoms with van der Waals surface area (Å²) in [5.41, 5.74) is 0.756. The average Bonchev–Trinajstić information content (AvgIpc) is 2.87. The molecule has 106 valence electrons. The highest BCUT2D eigenvalue weighted by molar-refractivity contribution is 5.76. The van der Waals surface area contributed by atoms with Crippen LogP contribution in [0.25, 0.3) is 5.65 Å². The molecule has 0 atom stereocenters. The first kappa shape index (κ1) is 12.8. The Kier molecular flexibility index (Phi) is 3.25. The van der Waals surface area contributed by atoms with Crippen molar-refractivity contribution in [2.75, 3.05) is 31.1 Å². The molecule has 0 aromatic carbocycles. The van der Waals surface area contributed by atoms with Gasteiger partial charge >= 0.3 is 0 Å². The molecule has 7 heteroatoms. The van der Waals surface area contributed by atoms with Crippen molar-refractivity contribution in [1.82, 2.24) is 24.7 Å². The van der Waals surface area contributed by atoms with Gasteiger partial charge in [0.15, 0.2) is 11.5 Å². The molecule has 1 amide bonds. The molecule has 3 rings (SSSR count). The molecule has 0 bridgehead atoms. The summed E-state index contributed by atoms with van der Waals surface area (Å²) in [6, 6.07) is 3.88. The van der Waals surface area contributed by atoms with Gasteiger partial charge in [-0.3, -0.25) is 4.79 Å². The number of carbonyl (C=O) groups excluding carboxylic acids is 1. The molecule has 0 saturated carbocycles. The monoisotopic (exact) mass is 274 g/mol. The van der Waals surface area contributed by atoms with Gasteiger partial charge in [-0.25, -0.2) is 0 Å². The summed E-state index contributed by atoms with van der Waals surface area (Å²) in [5, 5.41) is 12.6. The van der Waals surface area contributed by atoms with E-state index in [1.165, 1.54) is 0 Å². The minimum Gasteiger partial charge on any atom is -0.352 e. The number of piperazine rings is 1. The van der Waals surface area contributed by atoms with Gasteiger partial charge in [-0.2, -0.15) is 4.52 Å². The molecular weight excluding hydrogens is 256 g/mol. The number of aromatic nitrogens is 4. The van der Waals surface area contributed by atoms with Gasteiger partial charge in [0.1, 0.15) is 5.82 Å². The number of hydrogen-bond donors (Lipinski definition) is 0. The summed E-state index contributed by atoms with van der Waals surface area (Å²) < 4.78 is 1.75. The maximum Gasteiger partial charge on any atom is 0.222 e. The van der Waals surface area contributed by atoms with Gasteiger partial charge in [-0.05, 0) is 19.1 Å². The lowest BCUT2D eigenvalue weighted by atomic mass is 10.3. The summed E-state index contributed by atoms with van der Waals surface area (Å²) in [4.78, 5) is 15.8. The summed E-state index contributed by atoms with van der Waals surface area (Å²) in [7, 11) is 0. The van der Waals surface area contributed by atoms with Gasteiger partial charge in [0.05, 0.1) is 0 Å². The third-order valence-electron chi connectivity index (χ3n) is 3.66. The standard InChI is InChI=1S/C13H18N6O/c1-3-13(20)18-8-6-17(7-9-18)12-5-4-11-15-14-10(2)19(11)16-12/h4-5H,3,6-9H2,1-2H3. The van der Waals surface area contributed by atoms with Crippen molar-refractivity contribution >= 4 is 17.4 Å². The van der Waals surface area contributed by atoms with Crippen molar-refractivity contribution < 1.29 is 4.79 Å². The van der Waals surface area contributed by atoms with Crippen LogP contribution in [0.4, 0.5) is 5.82 Å². The zero-order valence-electron chi connectivity index (χ0n) is 11.8. The maximum absolute atomic E-state index is 11.7. The van der Waals surface area contributed by atoms with E-state index >= 15 is 0 Å². The van der Waals surface area contributed by atoms with E-state index in [4.69, 9.17) is 0 Å². The number of rotatable bonds is 2. The molecule has 20 heavy (non-hydrogen) atoms. The van der Waals surface area contributed by atoms with Crippen molar-refractivity contribution in [2.45, 2.75) is 20.3 Å². The summed E-state index contributed by atoms with van der Waals surface area (Å²) in [6.45, 7) is 6.92. The SMILES string of the molecule is CCC(=O)N1CCN(c2ccc3nnc(C)n3n2)CC1. The molecule has 2 aromatic heterocycles. The molecule has 0 unspecified atom stereocenters. The highest BCUT2D eigenvalue weighted by atomic mass is 16.2. The smallest absolute Gasteiger partial charge is 0.222 e. The second kappa shape index (κ2) is 5.07. The van der Waals surface area contributed by atoms with Crippen molar-refractivity contribution in [3.05, 3.63) is 18.0 Å². The second-order valence-corrected chi connectivity index (χ2v) is 4.93. The molecule has 0 N–H and O–H groups in total. The molecule has 7 nitrogen and oxygen atoms in total. The number of nitrogens with zero attached hydrogens (tertiary/aromatic N) is 6. The zero-order chi connectivity index (χ0) is 14.1. The van der Waals surface area contributed by atoms with Crippen LogP contribution in [0.15, 0.2) is 12.1 Å². The van der Waals surface area contributed by atoms with E-state index < -0.39 is 0 Å². The predicted molar refractivity (Wildman–Crippen MR) is 74.6 cm³/mol. The lowest BCUT2D eigenvalue weighted by Gasteiger charge is -2.35. The molecule has 0 radical (unpaired) electrons. The van der Waals surface area contributed by atoms with Crippen LogP contribution >= 0.6 is 0 Å². The largest absolute Gasteiger partial charge is 0.352 e. The van der Waals surface area contributed by atoms with Crippen LogP contribution in [0.5, 0.6) is 0 Å². The third kappa shape index (κ3) is 2.19. The molecule has 1 fully saturated rings. The van der Waals surface area contributed by atoms with E-state index in [0.717, 1.165) is 43.5 Å². The fourth-order valence-electron chi connectivity index (χ4n) is 2.46. The Morgan fingerprint density at radius 1 is 1.20 bits per heavy atom. The highest BCUT2D eigenvalue weighted by Crippen LogP contribution is 2.15. The fraction of sp³-hybridized carbons (Fsp3) is 0.538. The van der Waals surface area contributed by atoms with Crippen molar-refractivity contribution in [2.24, 2.45) is 0 Å². The molecular formula is C13H18N6O. The Morgan fingerprint density at radius 2 is 1.95 bits per heavy atom. The number of aryl methyl sites for hydroxylation is 1. The number of fused-ring (bicyclic) bond motifs is 1. The van der Waals surface area contributed by atoms with Crippen LogP contribution in [-0.4, -0.2) is 56.8 Å². The predicted octanol–water partition coefficient (Wildman–Crippen LogP) is 0.491. The lowest BCUT2D eigenvalue weighted by Crippen LogP contribution is -2.49. The quantitative estimate of drug-likeness (QED) is 0.797. The third-order valence-corrected chi connectivity index (χ3v) is 3.66.